The average molecular weight is 345 g/mol. The van der Waals surface area contributed by atoms with Gasteiger partial charge < -0.3 is 19.6 Å². The fourth-order valence-electron chi connectivity index (χ4n) is 3.41. The third kappa shape index (κ3) is 4.10. The zero-order chi connectivity index (χ0) is 17.8. The SMILES string of the molecule is CCN1CCN(c2ccc(C(=O)N3CCN(C(C)=O)CC3)nc2)CC1. The van der Waals surface area contributed by atoms with E-state index in [-0.39, 0.29) is 11.8 Å². The van der Waals surface area contributed by atoms with Crippen LogP contribution in [-0.2, 0) is 4.79 Å². The molecule has 1 aromatic rings. The number of anilines is 1. The van der Waals surface area contributed by atoms with E-state index < -0.39 is 0 Å². The highest BCUT2D eigenvalue weighted by molar-refractivity contribution is 5.92. The Hall–Kier alpha value is -2.15. The second kappa shape index (κ2) is 7.82. The molecule has 2 fully saturated rings. The van der Waals surface area contributed by atoms with Crippen LogP contribution in [0.5, 0.6) is 0 Å². The van der Waals surface area contributed by atoms with E-state index in [9.17, 15) is 9.59 Å². The van der Waals surface area contributed by atoms with Gasteiger partial charge in [0.25, 0.3) is 5.91 Å². The average Bonchev–Trinajstić information content (AvgIpc) is 2.67. The summed E-state index contributed by atoms with van der Waals surface area (Å²) < 4.78 is 0. The molecular weight excluding hydrogens is 318 g/mol. The molecule has 0 N–H and O–H groups in total. The van der Waals surface area contributed by atoms with Crippen molar-refractivity contribution in [3.8, 4) is 0 Å². The van der Waals surface area contributed by atoms with E-state index in [1.165, 1.54) is 0 Å². The fourth-order valence-corrected chi connectivity index (χ4v) is 3.41. The van der Waals surface area contributed by atoms with Crippen molar-refractivity contribution in [1.82, 2.24) is 19.7 Å². The summed E-state index contributed by atoms with van der Waals surface area (Å²) in [5.41, 5.74) is 1.56. The van der Waals surface area contributed by atoms with Gasteiger partial charge in [0, 0.05) is 59.3 Å². The van der Waals surface area contributed by atoms with Gasteiger partial charge in [-0.15, -0.1) is 0 Å². The van der Waals surface area contributed by atoms with Crippen LogP contribution in [0.15, 0.2) is 18.3 Å². The standard InChI is InChI=1S/C18H27N5O2/c1-3-20-6-8-22(9-7-20)16-4-5-17(19-14-16)18(25)23-12-10-21(11-13-23)15(2)24/h4-5,14H,3,6-13H2,1-2H3. The molecule has 2 aliphatic heterocycles. The van der Waals surface area contributed by atoms with E-state index in [1.54, 1.807) is 22.9 Å². The minimum Gasteiger partial charge on any atom is -0.368 e. The maximum Gasteiger partial charge on any atom is 0.272 e. The number of piperazine rings is 2. The van der Waals surface area contributed by atoms with Crippen molar-refractivity contribution < 1.29 is 9.59 Å². The summed E-state index contributed by atoms with van der Waals surface area (Å²) in [5, 5.41) is 0. The number of carbonyl (C=O) groups excluding carboxylic acids is 2. The third-order valence-corrected chi connectivity index (χ3v) is 5.16. The highest BCUT2D eigenvalue weighted by atomic mass is 16.2. The van der Waals surface area contributed by atoms with Crippen LogP contribution < -0.4 is 4.90 Å². The number of hydrogen-bond donors (Lipinski definition) is 0. The van der Waals surface area contributed by atoms with Crippen molar-refractivity contribution in [3.05, 3.63) is 24.0 Å². The van der Waals surface area contributed by atoms with Crippen molar-refractivity contribution in [2.24, 2.45) is 0 Å². The van der Waals surface area contributed by atoms with Gasteiger partial charge in [0.2, 0.25) is 5.91 Å². The Morgan fingerprint density at radius 2 is 1.60 bits per heavy atom. The van der Waals surface area contributed by atoms with Gasteiger partial charge in [0.05, 0.1) is 11.9 Å². The van der Waals surface area contributed by atoms with Crippen molar-refractivity contribution in [1.29, 1.82) is 0 Å². The molecule has 3 heterocycles. The minimum atomic E-state index is -0.0504. The number of amides is 2. The molecule has 0 aromatic carbocycles. The zero-order valence-corrected chi connectivity index (χ0v) is 15.1. The quantitative estimate of drug-likeness (QED) is 0.800. The van der Waals surface area contributed by atoms with Gasteiger partial charge in [-0.3, -0.25) is 9.59 Å². The number of carbonyl (C=O) groups is 2. The van der Waals surface area contributed by atoms with Crippen molar-refractivity contribution in [2.45, 2.75) is 13.8 Å². The van der Waals surface area contributed by atoms with E-state index in [0.29, 0.717) is 31.9 Å². The maximum atomic E-state index is 12.6. The van der Waals surface area contributed by atoms with Crippen LogP contribution in [0.4, 0.5) is 5.69 Å². The first-order valence-electron chi connectivity index (χ1n) is 9.06. The van der Waals surface area contributed by atoms with Crippen molar-refractivity contribution in [2.75, 3.05) is 63.8 Å². The number of likely N-dealkylation sites (N-methyl/N-ethyl adjacent to an activating group) is 1. The summed E-state index contributed by atoms with van der Waals surface area (Å²) in [6.45, 7) is 11.3. The van der Waals surface area contributed by atoms with Crippen molar-refractivity contribution >= 4 is 17.5 Å². The molecule has 0 spiro atoms. The predicted octanol–water partition coefficient (Wildman–Crippen LogP) is 0.528. The molecule has 7 nitrogen and oxygen atoms in total. The number of rotatable bonds is 3. The van der Waals surface area contributed by atoms with Gasteiger partial charge in [-0.2, -0.15) is 0 Å². The molecule has 7 heteroatoms. The Morgan fingerprint density at radius 1 is 0.960 bits per heavy atom. The Morgan fingerprint density at radius 3 is 2.12 bits per heavy atom. The summed E-state index contributed by atoms with van der Waals surface area (Å²) in [5.74, 6) is 0.0169. The first-order chi connectivity index (χ1) is 12.1. The summed E-state index contributed by atoms with van der Waals surface area (Å²) in [4.78, 5) is 36.7. The molecule has 2 aliphatic rings. The molecule has 0 saturated carbocycles. The number of pyridine rings is 1. The Kier molecular flexibility index (Phi) is 5.53. The van der Waals surface area contributed by atoms with Crippen LogP contribution in [0.2, 0.25) is 0 Å². The molecule has 25 heavy (non-hydrogen) atoms. The molecule has 3 rings (SSSR count). The lowest BCUT2D eigenvalue weighted by Crippen LogP contribution is -2.50. The van der Waals surface area contributed by atoms with E-state index in [4.69, 9.17) is 0 Å². The molecule has 2 amide bonds. The molecule has 0 bridgehead atoms. The lowest BCUT2D eigenvalue weighted by molar-refractivity contribution is -0.130. The van der Waals surface area contributed by atoms with Gasteiger partial charge in [-0.25, -0.2) is 4.98 Å². The van der Waals surface area contributed by atoms with Gasteiger partial charge >= 0.3 is 0 Å². The van der Waals surface area contributed by atoms with E-state index in [0.717, 1.165) is 38.4 Å². The van der Waals surface area contributed by atoms with Crippen molar-refractivity contribution in [3.63, 3.8) is 0 Å². The van der Waals surface area contributed by atoms with Crippen LogP contribution in [0.25, 0.3) is 0 Å². The van der Waals surface area contributed by atoms with Crippen LogP contribution >= 0.6 is 0 Å². The summed E-state index contributed by atoms with van der Waals surface area (Å²) in [6, 6.07) is 3.81. The molecule has 0 radical (unpaired) electrons. The van der Waals surface area contributed by atoms with Crippen LogP contribution in [0.3, 0.4) is 0 Å². The van der Waals surface area contributed by atoms with Gasteiger partial charge in [0.15, 0.2) is 0 Å². The van der Waals surface area contributed by atoms with E-state index in [2.05, 4.69) is 21.7 Å². The molecular formula is C18H27N5O2. The highest BCUT2D eigenvalue weighted by Crippen LogP contribution is 2.16. The summed E-state index contributed by atoms with van der Waals surface area (Å²) in [7, 11) is 0. The molecule has 0 atom stereocenters. The first kappa shape index (κ1) is 17.7. The fraction of sp³-hybridized carbons (Fsp3) is 0.611. The van der Waals surface area contributed by atoms with Gasteiger partial charge in [-0.1, -0.05) is 6.92 Å². The summed E-state index contributed by atoms with van der Waals surface area (Å²) in [6.07, 6.45) is 1.81. The molecule has 1 aromatic heterocycles. The lowest BCUT2D eigenvalue weighted by Gasteiger charge is -2.35. The van der Waals surface area contributed by atoms with E-state index in [1.807, 2.05) is 12.1 Å². The predicted molar refractivity (Wildman–Crippen MR) is 96.7 cm³/mol. The topological polar surface area (TPSA) is 60.0 Å². The van der Waals surface area contributed by atoms with Crippen LogP contribution in [-0.4, -0.2) is 90.4 Å². The number of hydrogen-bond acceptors (Lipinski definition) is 5. The maximum absolute atomic E-state index is 12.6. The Labute approximate surface area is 149 Å². The Balaban J connectivity index is 1.57. The normalized spacial score (nSPS) is 19.2. The second-order valence-electron chi connectivity index (χ2n) is 6.62. The largest absolute Gasteiger partial charge is 0.368 e. The second-order valence-corrected chi connectivity index (χ2v) is 6.62. The lowest BCUT2D eigenvalue weighted by atomic mass is 10.2. The monoisotopic (exact) mass is 345 g/mol. The first-order valence-corrected chi connectivity index (χ1v) is 9.06. The zero-order valence-electron chi connectivity index (χ0n) is 15.1. The van der Waals surface area contributed by atoms with Crippen LogP contribution in [0, 0.1) is 0 Å². The minimum absolute atomic E-state index is 0.0504. The number of aromatic nitrogens is 1. The molecule has 0 unspecified atom stereocenters. The van der Waals surface area contributed by atoms with Gasteiger partial charge in [-0.05, 0) is 18.7 Å². The number of nitrogens with zero attached hydrogens (tertiary/aromatic N) is 5. The smallest absolute Gasteiger partial charge is 0.272 e. The highest BCUT2D eigenvalue weighted by Gasteiger charge is 2.24. The molecule has 136 valence electrons. The van der Waals surface area contributed by atoms with Gasteiger partial charge in [0.1, 0.15) is 5.69 Å². The van der Waals surface area contributed by atoms with Crippen LogP contribution in [0.1, 0.15) is 24.3 Å². The summed E-state index contributed by atoms with van der Waals surface area (Å²) >= 11 is 0. The Bertz CT molecular complexity index is 602. The molecule has 0 aliphatic carbocycles. The van der Waals surface area contributed by atoms with E-state index >= 15 is 0 Å². The third-order valence-electron chi connectivity index (χ3n) is 5.16. The molecule has 2 saturated heterocycles.